The van der Waals surface area contributed by atoms with Crippen LogP contribution in [-0.2, 0) is 4.79 Å². The molecule has 0 aromatic heterocycles. The maximum atomic E-state index is 10.0. The van der Waals surface area contributed by atoms with Crippen LogP contribution in [0.4, 0.5) is 0 Å². The lowest BCUT2D eigenvalue weighted by atomic mass is 10.6. The van der Waals surface area contributed by atoms with Crippen molar-refractivity contribution < 1.29 is 4.79 Å². The third-order valence-electron chi connectivity index (χ3n) is 0.370. The molecule has 0 atom stereocenters. The van der Waals surface area contributed by atoms with Gasteiger partial charge in [0.1, 0.15) is 0 Å². The van der Waals surface area contributed by atoms with Gasteiger partial charge in [-0.2, -0.15) is 0 Å². The predicted molar refractivity (Wildman–Crippen MR) is 25.9 cm³/mol. The molecule has 0 saturated heterocycles. The van der Waals surface area contributed by atoms with Crippen molar-refractivity contribution in [1.29, 1.82) is 0 Å². The predicted octanol–water partition coefficient (Wildman–Crippen LogP) is -0.206. The van der Waals surface area contributed by atoms with Gasteiger partial charge in [-0.15, -0.1) is 0 Å². The smallest absolute Gasteiger partial charge is 0.296 e. The average Bonchev–Trinajstić information content (AvgIpc) is 1.68. The van der Waals surface area contributed by atoms with Gasteiger partial charge in [-0.3, -0.25) is 4.79 Å². The van der Waals surface area contributed by atoms with E-state index in [9.17, 15) is 4.79 Å². The molecule has 2 heteroatoms. The number of hydrogen-bond acceptors (Lipinski definition) is 1. The highest BCUT2D eigenvalue weighted by Crippen LogP contribution is 1.54. The SMILES string of the molecule is [CH]NC(=O)C#CC. The molecule has 36 valence electrons. The lowest BCUT2D eigenvalue weighted by Crippen LogP contribution is -2.11. The minimum Gasteiger partial charge on any atom is -0.338 e. The summed E-state index contributed by atoms with van der Waals surface area (Å²) in [4.78, 5) is 10.0. The van der Waals surface area contributed by atoms with Crippen LogP contribution < -0.4 is 5.32 Å². The lowest BCUT2D eigenvalue weighted by molar-refractivity contribution is -0.114. The standard InChI is InChI=1S/C5H5NO/c1-3-4-5(7)6-2/h2H,1H3,(H,6,7). The second kappa shape index (κ2) is 3.23. The van der Waals surface area contributed by atoms with Crippen molar-refractivity contribution in [2.45, 2.75) is 6.92 Å². The zero-order valence-corrected chi connectivity index (χ0v) is 3.99. The maximum absolute atomic E-state index is 10.0. The monoisotopic (exact) mass is 95.0 g/mol. The first-order valence-corrected chi connectivity index (χ1v) is 1.74. The average molecular weight is 95.1 g/mol. The normalized spacial score (nSPS) is 6.00. The summed E-state index contributed by atoms with van der Waals surface area (Å²) in [5.41, 5.74) is 0. The number of rotatable bonds is 0. The Morgan fingerprint density at radius 1 is 1.86 bits per heavy atom. The summed E-state index contributed by atoms with van der Waals surface area (Å²) in [6.07, 6.45) is 0. The molecule has 2 nitrogen and oxygen atoms in total. The number of amides is 1. The van der Waals surface area contributed by atoms with Crippen LogP contribution >= 0.6 is 0 Å². The maximum Gasteiger partial charge on any atom is 0.296 e. The van der Waals surface area contributed by atoms with E-state index in [0.29, 0.717) is 0 Å². The van der Waals surface area contributed by atoms with Crippen molar-refractivity contribution in [2.75, 3.05) is 0 Å². The first-order valence-electron chi connectivity index (χ1n) is 1.74. The van der Waals surface area contributed by atoms with Gasteiger partial charge in [-0.1, -0.05) is 5.92 Å². The van der Waals surface area contributed by atoms with E-state index < -0.39 is 5.91 Å². The molecule has 0 aliphatic rings. The van der Waals surface area contributed by atoms with Crippen LogP contribution in [0.25, 0.3) is 0 Å². The van der Waals surface area contributed by atoms with Gasteiger partial charge in [0, 0.05) is 0 Å². The molecule has 7 heavy (non-hydrogen) atoms. The van der Waals surface area contributed by atoms with Crippen molar-refractivity contribution in [3.8, 4) is 11.8 Å². The Hall–Kier alpha value is -0.970. The summed E-state index contributed by atoms with van der Waals surface area (Å²) in [5, 5.41) is 1.85. The van der Waals surface area contributed by atoms with E-state index in [1.165, 1.54) is 0 Å². The third-order valence-corrected chi connectivity index (χ3v) is 0.370. The van der Waals surface area contributed by atoms with E-state index in [1.807, 2.05) is 5.32 Å². The lowest BCUT2D eigenvalue weighted by Gasteiger charge is -1.79. The molecule has 2 radical (unpaired) electrons. The fourth-order valence-corrected chi connectivity index (χ4v) is 0.150. The quantitative estimate of drug-likeness (QED) is 0.327. The Morgan fingerprint density at radius 3 is 2.57 bits per heavy atom. The molecular weight excluding hydrogens is 90.1 g/mol. The number of carbonyl (C=O) groups excluding carboxylic acids is 1. The van der Waals surface area contributed by atoms with E-state index >= 15 is 0 Å². The van der Waals surface area contributed by atoms with Gasteiger partial charge in [0.15, 0.2) is 0 Å². The van der Waals surface area contributed by atoms with Crippen molar-refractivity contribution in [2.24, 2.45) is 0 Å². The molecule has 0 rings (SSSR count). The fourth-order valence-electron chi connectivity index (χ4n) is 0.150. The van der Waals surface area contributed by atoms with Crippen LogP contribution in [0.1, 0.15) is 6.92 Å². The molecule has 0 saturated carbocycles. The van der Waals surface area contributed by atoms with Gasteiger partial charge in [0.05, 0.1) is 7.05 Å². The fraction of sp³-hybridized carbons (Fsp3) is 0.200. The van der Waals surface area contributed by atoms with E-state index in [-0.39, 0.29) is 0 Å². The van der Waals surface area contributed by atoms with Gasteiger partial charge in [0.25, 0.3) is 5.91 Å². The Kier molecular flexibility index (Phi) is 2.78. The molecule has 0 aliphatic heterocycles. The Morgan fingerprint density at radius 2 is 2.43 bits per heavy atom. The summed E-state index contributed by atoms with van der Waals surface area (Å²) in [5.74, 6) is 4.09. The van der Waals surface area contributed by atoms with E-state index in [2.05, 4.69) is 18.9 Å². The molecular formula is C5H5NO. The van der Waals surface area contributed by atoms with Crippen molar-refractivity contribution in [3.05, 3.63) is 7.05 Å². The highest BCUT2D eigenvalue weighted by molar-refractivity contribution is 5.93. The first kappa shape index (κ1) is 6.03. The van der Waals surface area contributed by atoms with Gasteiger partial charge in [-0.05, 0) is 12.8 Å². The highest BCUT2D eigenvalue weighted by Gasteiger charge is 1.81. The van der Waals surface area contributed by atoms with Crippen LogP contribution in [-0.4, -0.2) is 5.91 Å². The van der Waals surface area contributed by atoms with Crippen molar-refractivity contribution in [1.82, 2.24) is 5.32 Å². The van der Waals surface area contributed by atoms with E-state index in [1.54, 1.807) is 6.92 Å². The summed E-state index contributed by atoms with van der Waals surface area (Å²) >= 11 is 0. The molecule has 1 N–H and O–H groups in total. The molecule has 0 bridgehead atoms. The summed E-state index contributed by atoms with van der Waals surface area (Å²) in [6, 6.07) is 0. The van der Waals surface area contributed by atoms with Gasteiger partial charge in [-0.25, -0.2) is 0 Å². The minimum absolute atomic E-state index is 0.456. The van der Waals surface area contributed by atoms with Crippen LogP contribution in [0.3, 0.4) is 0 Å². The van der Waals surface area contributed by atoms with Crippen LogP contribution in [0.5, 0.6) is 0 Å². The molecule has 0 aliphatic carbocycles. The zero-order chi connectivity index (χ0) is 5.70. The van der Waals surface area contributed by atoms with Crippen LogP contribution in [0.2, 0.25) is 0 Å². The molecule has 0 fully saturated rings. The van der Waals surface area contributed by atoms with Gasteiger partial charge >= 0.3 is 0 Å². The largest absolute Gasteiger partial charge is 0.338 e. The molecule has 0 aromatic rings. The van der Waals surface area contributed by atoms with E-state index in [4.69, 9.17) is 0 Å². The summed E-state index contributed by atoms with van der Waals surface area (Å²) in [6.45, 7) is 1.56. The number of hydrogen-bond donors (Lipinski definition) is 1. The number of carbonyl (C=O) groups is 1. The zero-order valence-electron chi connectivity index (χ0n) is 3.99. The first-order chi connectivity index (χ1) is 3.31. The van der Waals surface area contributed by atoms with Crippen LogP contribution in [0, 0.1) is 18.9 Å². The van der Waals surface area contributed by atoms with Gasteiger partial charge in [0.2, 0.25) is 0 Å². The topological polar surface area (TPSA) is 29.1 Å². The Labute approximate surface area is 42.9 Å². The Balaban J connectivity index is 3.52. The molecule has 0 heterocycles. The van der Waals surface area contributed by atoms with Crippen molar-refractivity contribution >= 4 is 5.91 Å². The number of nitrogens with one attached hydrogen (secondary N) is 1. The second-order valence-corrected chi connectivity index (χ2v) is 0.848. The molecule has 1 amide bonds. The van der Waals surface area contributed by atoms with Crippen LogP contribution in [0.15, 0.2) is 0 Å². The second-order valence-electron chi connectivity index (χ2n) is 0.848. The van der Waals surface area contributed by atoms with E-state index in [0.717, 1.165) is 0 Å². The minimum atomic E-state index is -0.456. The summed E-state index contributed by atoms with van der Waals surface area (Å²) < 4.78 is 0. The molecule has 0 spiro atoms. The van der Waals surface area contributed by atoms with Crippen molar-refractivity contribution in [3.63, 3.8) is 0 Å². The molecule has 0 unspecified atom stereocenters. The molecule has 0 aromatic carbocycles. The third kappa shape index (κ3) is 2.84. The van der Waals surface area contributed by atoms with Gasteiger partial charge < -0.3 is 5.32 Å². The summed E-state index contributed by atoms with van der Waals surface area (Å²) in [7, 11) is 4.66. The Bertz CT molecular complexity index is 118. The highest BCUT2D eigenvalue weighted by atomic mass is 16.1.